The number of benzene rings is 1. The number of nitrogens with one attached hydrogen (secondary N) is 1. The molecule has 6 heteroatoms. The summed E-state index contributed by atoms with van der Waals surface area (Å²) in [5, 5.41) is 3.17. The van der Waals surface area contributed by atoms with Crippen LogP contribution in [0.25, 0.3) is 0 Å². The van der Waals surface area contributed by atoms with Crippen LogP contribution in [0, 0.1) is 5.92 Å². The minimum atomic E-state index is -0.423. The first kappa shape index (κ1) is 22.7. The van der Waals surface area contributed by atoms with Gasteiger partial charge in [0.2, 0.25) is 0 Å². The van der Waals surface area contributed by atoms with Crippen LogP contribution in [0.1, 0.15) is 58.9 Å². The molecule has 26 heavy (non-hydrogen) atoms. The summed E-state index contributed by atoms with van der Waals surface area (Å²) in [6.45, 7) is 7.84. The Labute approximate surface area is 174 Å². The van der Waals surface area contributed by atoms with Gasteiger partial charge < -0.3 is 15.8 Å². The van der Waals surface area contributed by atoms with Crippen LogP contribution in [0.5, 0.6) is 0 Å². The molecule has 0 amide bonds. The number of hydrogen-bond donors (Lipinski definition) is 2. The molecule has 146 valence electrons. The van der Waals surface area contributed by atoms with Gasteiger partial charge in [-0.1, -0.05) is 19.1 Å². The highest BCUT2D eigenvalue weighted by Gasteiger charge is 2.29. The Morgan fingerprint density at radius 3 is 2.50 bits per heavy atom. The Balaban J connectivity index is 0.00000338. The van der Waals surface area contributed by atoms with Gasteiger partial charge in [-0.2, -0.15) is 0 Å². The molecule has 1 aromatic rings. The molecule has 0 atom stereocenters. The molecule has 0 saturated heterocycles. The molecule has 1 saturated carbocycles. The van der Waals surface area contributed by atoms with Crippen molar-refractivity contribution in [1.29, 1.82) is 0 Å². The van der Waals surface area contributed by atoms with E-state index in [0.717, 1.165) is 37.8 Å². The second kappa shape index (κ2) is 10.1. The number of aliphatic imine (C=N–C) groups is 1. The van der Waals surface area contributed by atoms with E-state index in [4.69, 9.17) is 10.5 Å². The van der Waals surface area contributed by atoms with Gasteiger partial charge in [0, 0.05) is 5.69 Å². The van der Waals surface area contributed by atoms with E-state index in [1.807, 2.05) is 32.9 Å². The quantitative estimate of drug-likeness (QED) is 0.292. The summed E-state index contributed by atoms with van der Waals surface area (Å²) in [5.41, 5.74) is 7.85. The minimum Gasteiger partial charge on any atom is -0.460 e. The van der Waals surface area contributed by atoms with E-state index in [9.17, 15) is 4.79 Å². The Kier molecular flexibility index (Phi) is 8.86. The normalized spacial score (nSPS) is 20.8. The van der Waals surface area contributed by atoms with Crippen LogP contribution in [0.3, 0.4) is 0 Å². The van der Waals surface area contributed by atoms with E-state index in [2.05, 4.69) is 29.4 Å². The first-order chi connectivity index (χ1) is 11.8. The summed E-state index contributed by atoms with van der Waals surface area (Å²) in [6.07, 6.45) is 4.33. The summed E-state index contributed by atoms with van der Waals surface area (Å²) in [6, 6.07) is 8.35. The Bertz CT molecular complexity index is 618. The molecule has 2 rings (SSSR count). The zero-order chi connectivity index (χ0) is 18.4. The van der Waals surface area contributed by atoms with E-state index in [1.165, 1.54) is 5.56 Å². The molecule has 1 aliphatic carbocycles. The van der Waals surface area contributed by atoms with Crippen LogP contribution in [-0.2, 0) is 16.0 Å². The maximum absolute atomic E-state index is 12.1. The third-order valence-corrected chi connectivity index (χ3v) is 4.37. The van der Waals surface area contributed by atoms with Gasteiger partial charge in [-0.3, -0.25) is 4.79 Å². The van der Waals surface area contributed by atoms with Crippen LogP contribution >= 0.6 is 24.0 Å². The van der Waals surface area contributed by atoms with Crippen LogP contribution in [0.15, 0.2) is 29.3 Å². The van der Waals surface area contributed by atoms with Crippen molar-refractivity contribution >= 4 is 41.6 Å². The number of esters is 1. The number of guanidine groups is 1. The molecule has 0 spiro atoms. The molecule has 1 fully saturated rings. The highest BCUT2D eigenvalue weighted by Crippen LogP contribution is 2.28. The van der Waals surface area contributed by atoms with Crippen molar-refractivity contribution in [3.8, 4) is 0 Å². The van der Waals surface area contributed by atoms with E-state index >= 15 is 0 Å². The van der Waals surface area contributed by atoms with Crippen molar-refractivity contribution in [1.82, 2.24) is 0 Å². The fourth-order valence-electron chi connectivity index (χ4n) is 3.07. The number of nitrogens with zero attached hydrogens (tertiary/aromatic N) is 1. The lowest BCUT2D eigenvalue weighted by Gasteiger charge is -2.28. The summed E-state index contributed by atoms with van der Waals surface area (Å²) >= 11 is 0. The van der Waals surface area contributed by atoms with Gasteiger partial charge in [-0.25, -0.2) is 4.99 Å². The monoisotopic (exact) mass is 473 g/mol. The van der Waals surface area contributed by atoms with E-state index in [0.29, 0.717) is 5.96 Å². The second-order valence-corrected chi connectivity index (χ2v) is 7.73. The van der Waals surface area contributed by atoms with Gasteiger partial charge in [0.05, 0.1) is 12.0 Å². The smallest absolute Gasteiger partial charge is 0.309 e. The first-order valence-electron chi connectivity index (χ1n) is 9.19. The number of ether oxygens (including phenoxy) is 1. The lowest BCUT2D eigenvalue weighted by atomic mass is 9.86. The largest absolute Gasteiger partial charge is 0.460 e. The van der Waals surface area contributed by atoms with Gasteiger partial charge in [-0.05, 0) is 70.6 Å². The predicted octanol–water partition coefficient (Wildman–Crippen LogP) is 4.49. The van der Waals surface area contributed by atoms with Crippen LogP contribution < -0.4 is 11.1 Å². The first-order valence-corrected chi connectivity index (χ1v) is 9.19. The highest BCUT2D eigenvalue weighted by atomic mass is 127. The Morgan fingerprint density at radius 2 is 1.92 bits per heavy atom. The zero-order valence-corrected chi connectivity index (χ0v) is 18.6. The fraction of sp³-hybridized carbons (Fsp3) is 0.600. The van der Waals surface area contributed by atoms with Gasteiger partial charge in [0.25, 0.3) is 0 Å². The van der Waals surface area contributed by atoms with Crippen molar-refractivity contribution in [3.63, 3.8) is 0 Å². The maximum Gasteiger partial charge on any atom is 0.309 e. The predicted molar refractivity (Wildman–Crippen MR) is 118 cm³/mol. The average molecular weight is 473 g/mol. The molecular weight excluding hydrogens is 441 g/mol. The Morgan fingerprint density at radius 1 is 1.27 bits per heavy atom. The summed E-state index contributed by atoms with van der Waals surface area (Å²) in [4.78, 5) is 16.7. The summed E-state index contributed by atoms with van der Waals surface area (Å²) < 4.78 is 5.48. The van der Waals surface area contributed by atoms with Crippen molar-refractivity contribution in [2.45, 2.75) is 71.4 Å². The van der Waals surface area contributed by atoms with Gasteiger partial charge in [-0.15, -0.1) is 24.0 Å². The minimum absolute atomic E-state index is 0. The summed E-state index contributed by atoms with van der Waals surface area (Å²) in [7, 11) is 0. The molecule has 1 aromatic carbocycles. The van der Waals surface area contributed by atoms with Crippen LogP contribution in [0.4, 0.5) is 5.69 Å². The van der Waals surface area contributed by atoms with Crippen molar-refractivity contribution < 1.29 is 9.53 Å². The Hall–Kier alpha value is -1.31. The number of aryl methyl sites for hydroxylation is 1. The number of halogens is 1. The SMILES string of the molecule is CCc1cccc(NC(N)=NC2CCC(C(=O)OC(C)(C)C)CC2)c1.I. The molecule has 5 nitrogen and oxygen atoms in total. The topological polar surface area (TPSA) is 76.7 Å². The summed E-state index contributed by atoms with van der Waals surface area (Å²) in [5.74, 6) is 0.340. The van der Waals surface area contributed by atoms with Crippen molar-refractivity contribution in [2.24, 2.45) is 16.6 Å². The van der Waals surface area contributed by atoms with E-state index in [1.54, 1.807) is 0 Å². The third-order valence-electron chi connectivity index (χ3n) is 4.37. The molecule has 0 bridgehead atoms. The molecule has 0 unspecified atom stereocenters. The second-order valence-electron chi connectivity index (χ2n) is 7.73. The molecule has 0 aliphatic heterocycles. The standard InChI is InChI=1S/C20H31N3O2.HI/c1-5-14-7-6-8-17(13-14)23-19(21)22-16-11-9-15(10-12-16)18(24)25-20(2,3)4;/h6-8,13,15-16H,5,9-12H2,1-4H3,(H3,21,22,23);1H. The van der Waals surface area contributed by atoms with Crippen molar-refractivity contribution in [3.05, 3.63) is 29.8 Å². The van der Waals surface area contributed by atoms with Crippen molar-refractivity contribution in [2.75, 3.05) is 5.32 Å². The lowest BCUT2D eigenvalue weighted by Crippen LogP contribution is -2.32. The van der Waals surface area contributed by atoms with Gasteiger partial charge in [0.1, 0.15) is 5.60 Å². The number of rotatable bonds is 4. The third kappa shape index (κ3) is 7.51. The van der Waals surface area contributed by atoms with Gasteiger partial charge in [0.15, 0.2) is 5.96 Å². The number of hydrogen-bond acceptors (Lipinski definition) is 3. The molecule has 0 heterocycles. The van der Waals surface area contributed by atoms with Crippen LogP contribution in [-0.4, -0.2) is 23.6 Å². The maximum atomic E-state index is 12.1. The number of nitrogens with two attached hydrogens (primary N) is 1. The molecular formula is C20H32IN3O2. The fourth-order valence-corrected chi connectivity index (χ4v) is 3.07. The lowest BCUT2D eigenvalue weighted by molar-refractivity contribution is -0.161. The molecule has 1 aliphatic rings. The number of carbonyl (C=O) groups excluding carboxylic acids is 1. The number of carbonyl (C=O) groups is 1. The average Bonchev–Trinajstić information content (AvgIpc) is 2.54. The highest BCUT2D eigenvalue weighted by molar-refractivity contribution is 14.0. The molecule has 0 aromatic heterocycles. The van der Waals surface area contributed by atoms with Gasteiger partial charge >= 0.3 is 5.97 Å². The number of anilines is 1. The zero-order valence-electron chi connectivity index (χ0n) is 16.2. The molecule has 0 radical (unpaired) electrons. The molecule has 3 N–H and O–H groups in total. The van der Waals surface area contributed by atoms with E-state index < -0.39 is 5.60 Å². The van der Waals surface area contributed by atoms with E-state index in [-0.39, 0.29) is 41.9 Å². The van der Waals surface area contributed by atoms with Crippen LogP contribution in [0.2, 0.25) is 0 Å².